The molecule has 3 rings (SSSR count). The molecule has 31 heavy (non-hydrogen) atoms. The van der Waals surface area contributed by atoms with E-state index in [0.717, 1.165) is 5.56 Å². The minimum absolute atomic E-state index is 0.111. The lowest BCUT2D eigenvalue weighted by molar-refractivity contribution is -0.123. The number of hydrogen-bond acceptors (Lipinski definition) is 5. The molecule has 2 aromatic carbocycles. The first-order valence-electron chi connectivity index (χ1n) is 9.91. The number of anilines is 2. The van der Waals surface area contributed by atoms with Gasteiger partial charge in [0.25, 0.3) is 11.8 Å². The predicted octanol–water partition coefficient (Wildman–Crippen LogP) is 4.84. The fourth-order valence-corrected chi connectivity index (χ4v) is 2.99. The van der Waals surface area contributed by atoms with Crippen molar-refractivity contribution in [3.8, 4) is 0 Å². The molecule has 0 saturated heterocycles. The van der Waals surface area contributed by atoms with E-state index in [0.29, 0.717) is 5.69 Å². The molecule has 0 unspecified atom stereocenters. The molecule has 0 saturated carbocycles. The number of esters is 1. The average molecular weight is 420 g/mol. The summed E-state index contributed by atoms with van der Waals surface area (Å²) in [5, 5.41) is 5.44. The molecule has 1 heterocycles. The number of benzene rings is 2. The zero-order valence-electron chi connectivity index (χ0n) is 17.5. The standard InChI is InChI=1S/C24H24N2O5/c1-15(2)17-9-4-6-11-19(17)25-22(27)16(3)31-24(29)18-10-5-7-12-20(18)26-23(28)21-13-8-14-30-21/h4-16H,1-3H3,(H,25,27)(H,26,28)/t16-/m1/s1. The van der Waals surface area contributed by atoms with Gasteiger partial charge in [0.1, 0.15) is 0 Å². The van der Waals surface area contributed by atoms with Gasteiger partial charge in [-0.2, -0.15) is 0 Å². The molecule has 3 aromatic rings. The number of carbonyl (C=O) groups is 3. The first kappa shape index (κ1) is 21.8. The lowest BCUT2D eigenvalue weighted by atomic mass is 10.0. The third kappa shape index (κ3) is 5.39. The minimum Gasteiger partial charge on any atom is -0.459 e. The van der Waals surface area contributed by atoms with Gasteiger partial charge in [-0.1, -0.05) is 44.2 Å². The van der Waals surface area contributed by atoms with Crippen molar-refractivity contribution in [1.29, 1.82) is 0 Å². The number of amides is 2. The van der Waals surface area contributed by atoms with Crippen LogP contribution in [0.15, 0.2) is 71.3 Å². The van der Waals surface area contributed by atoms with E-state index in [1.807, 2.05) is 32.0 Å². The van der Waals surface area contributed by atoms with Gasteiger partial charge in [-0.15, -0.1) is 0 Å². The Hall–Kier alpha value is -3.87. The Kier molecular flexibility index (Phi) is 6.87. The van der Waals surface area contributed by atoms with Crippen LogP contribution in [0.2, 0.25) is 0 Å². The Morgan fingerprint density at radius 2 is 1.52 bits per heavy atom. The van der Waals surface area contributed by atoms with Crippen molar-refractivity contribution in [2.75, 3.05) is 10.6 Å². The summed E-state index contributed by atoms with van der Waals surface area (Å²) in [5.74, 6) is -1.34. The van der Waals surface area contributed by atoms with E-state index in [1.54, 1.807) is 30.3 Å². The number of carbonyl (C=O) groups excluding carboxylic acids is 3. The summed E-state index contributed by atoms with van der Waals surface area (Å²) in [6.45, 7) is 5.56. The third-order valence-corrected chi connectivity index (χ3v) is 4.63. The highest BCUT2D eigenvalue weighted by Crippen LogP contribution is 2.24. The maximum Gasteiger partial charge on any atom is 0.341 e. The van der Waals surface area contributed by atoms with Gasteiger partial charge >= 0.3 is 5.97 Å². The molecule has 1 atom stereocenters. The smallest absolute Gasteiger partial charge is 0.341 e. The molecule has 0 aliphatic rings. The van der Waals surface area contributed by atoms with E-state index in [-0.39, 0.29) is 22.9 Å². The van der Waals surface area contributed by atoms with Gasteiger partial charge < -0.3 is 19.8 Å². The summed E-state index contributed by atoms with van der Waals surface area (Å²) in [6.07, 6.45) is 0.342. The maximum atomic E-state index is 12.7. The summed E-state index contributed by atoms with van der Waals surface area (Å²) >= 11 is 0. The quantitative estimate of drug-likeness (QED) is 0.533. The summed E-state index contributed by atoms with van der Waals surface area (Å²) in [7, 11) is 0. The summed E-state index contributed by atoms with van der Waals surface area (Å²) in [5.41, 5.74) is 2.05. The number of furan rings is 1. The molecule has 0 bridgehead atoms. The molecule has 2 amide bonds. The highest BCUT2D eigenvalue weighted by Gasteiger charge is 2.23. The van der Waals surface area contributed by atoms with Gasteiger partial charge in [-0.3, -0.25) is 9.59 Å². The van der Waals surface area contributed by atoms with Gasteiger partial charge in [0.2, 0.25) is 0 Å². The second-order valence-corrected chi connectivity index (χ2v) is 7.26. The Labute approximate surface area is 180 Å². The Morgan fingerprint density at radius 1 is 0.839 bits per heavy atom. The summed E-state index contributed by atoms with van der Waals surface area (Å²) in [4.78, 5) is 37.6. The highest BCUT2D eigenvalue weighted by molar-refractivity contribution is 6.07. The van der Waals surface area contributed by atoms with Crippen molar-refractivity contribution < 1.29 is 23.5 Å². The molecule has 0 spiro atoms. The number of rotatable bonds is 7. The normalized spacial score (nSPS) is 11.6. The zero-order valence-corrected chi connectivity index (χ0v) is 17.5. The fraction of sp³-hybridized carbons (Fsp3) is 0.208. The van der Waals surface area contributed by atoms with Crippen molar-refractivity contribution in [3.63, 3.8) is 0 Å². The van der Waals surface area contributed by atoms with E-state index in [1.165, 1.54) is 25.3 Å². The predicted molar refractivity (Wildman–Crippen MR) is 117 cm³/mol. The maximum absolute atomic E-state index is 12.7. The van der Waals surface area contributed by atoms with Gasteiger partial charge in [0.05, 0.1) is 17.5 Å². The van der Waals surface area contributed by atoms with Crippen molar-refractivity contribution in [1.82, 2.24) is 0 Å². The SMILES string of the molecule is CC(C)c1ccccc1NC(=O)[C@@H](C)OC(=O)c1ccccc1NC(=O)c1ccco1. The first-order valence-corrected chi connectivity index (χ1v) is 9.91. The van der Waals surface area contributed by atoms with Crippen LogP contribution in [0.25, 0.3) is 0 Å². The number of para-hydroxylation sites is 2. The molecule has 160 valence electrons. The topological polar surface area (TPSA) is 97.6 Å². The van der Waals surface area contributed by atoms with E-state index in [9.17, 15) is 14.4 Å². The molecule has 7 nitrogen and oxygen atoms in total. The number of nitrogens with one attached hydrogen (secondary N) is 2. The van der Waals surface area contributed by atoms with E-state index in [2.05, 4.69) is 10.6 Å². The van der Waals surface area contributed by atoms with Gasteiger partial charge in [0.15, 0.2) is 11.9 Å². The largest absolute Gasteiger partial charge is 0.459 e. The zero-order chi connectivity index (χ0) is 22.4. The molecular weight excluding hydrogens is 396 g/mol. The van der Waals surface area contributed by atoms with Crippen molar-refractivity contribution in [3.05, 3.63) is 83.8 Å². The Balaban J connectivity index is 1.69. The van der Waals surface area contributed by atoms with Crippen LogP contribution in [0.1, 0.15) is 53.2 Å². The highest BCUT2D eigenvalue weighted by atomic mass is 16.5. The van der Waals surface area contributed by atoms with Crippen LogP contribution in [0.3, 0.4) is 0 Å². The third-order valence-electron chi connectivity index (χ3n) is 4.63. The molecule has 0 aliphatic carbocycles. The Morgan fingerprint density at radius 3 is 2.19 bits per heavy atom. The first-order chi connectivity index (χ1) is 14.9. The second kappa shape index (κ2) is 9.75. The van der Waals surface area contributed by atoms with Crippen LogP contribution in [-0.2, 0) is 9.53 Å². The van der Waals surface area contributed by atoms with Crippen LogP contribution in [0.4, 0.5) is 11.4 Å². The average Bonchev–Trinajstić information content (AvgIpc) is 3.29. The molecule has 0 aliphatic heterocycles. The van der Waals surface area contributed by atoms with Crippen LogP contribution < -0.4 is 10.6 Å². The van der Waals surface area contributed by atoms with E-state index >= 15 is 0 Å². The molecule has 1 aromatic heterocycles. The molecule has 0 fully saturated rings. The molecule has 7 heteroatoms. The van der Waals surface area contributed by atoms with Gasteiger partial charge in [0, 0.05) is 5.69 Å². The number of hydrogen-bond donors (Lipinski definition) is 2. The monoisotopic (exact) mass is 420 g/mol. The molecule has 2 N–H and O–H groups in total. The van der Waals surface area contributed by atoms with E-state index in [4.69, 9.17) is 9.15 Å². The minimum atomic E-state index is -1.04. The van der Waals surface area contributed by atoms with Crippen LogP contribution >= 0.6 is 0 Å². The van der Waals surface area contributed by atoms with Crippen LogP contribution in [0, 0.1) is 0 Å². The van der Waals surface area contributed by atoms with Crippen LogP contribution in [-0.4, -0.2) is 23.9 Å². The lowest BCUT2D eigenvalue weighted by Crippen LogP contribution is -2.30. The molecule has 0 radical (unpaired) electrons. The van der Waals surface area contributed by atoms with Crippen LogP contribution in [0.5, 0.6) is 0 Å². The van der Waals surface area contributed by atoms with Crippen molar-refractivity contribution in [2.24, 2.45) is 0 Å². The summed E-state index contributed by atoms with van der Waals surface area (Å²) in [6, 6.07) is 17.0. The number of ether oxygens (including phenoxy) is 1. The van der Waals surface area contributed by atoms with E-state index < -0.39 is 23.9 Å². The molecular formula is C24H24N2O5. The van der Waals surface area contributed by atoms with Crippen molar-refractivity contribution in [2.45, 2.75) is 32.8 Å². The lowest BCUT2D eigenvalue weighted by Gasteiger charge is -2.17. The van der Waals surface area contributed by atoms with Gasteiger partial charge in [-0.25, -0.2) is 4.79 Å². The summed E-state index contributed by atoms with van der Waals surface area (Å²) < 4.78 is 10.4. The van der Waals surface area contributed by atoms with Crippen molar-refractivity contribution >= 4 is 29.2 Å². The van der Waals surface area contributed by atoms with Gasteiger partial charge in [-0.05, 0) is 48.7 Å². The Bertz CT molecular complexity index is 1070. The second-order valence-electron chi connectivity index (χ2n) is 7.26. The fourth-order valence-electron chi connectivity index (χ4n) is 2.99.